The zero-order valence-electron chi connectivity index (χ0n) is 11.5. The maximum absolute atomic E-state index is 5.44. The lowest BCUT2D eigenvalue weighted by molar-refractivity contribution is 0.0329. The Morgan fingerprint density at radius 3 is 2.83 bits per heavy atom. The largest absolute Gasteiger partial charge is 0.384 e. The molecule has 1 heterocycles. The van der Waals surface area contributed by atoms with Gasteiger partial charge in [-0.05, 0) is 38.4 Å². The summed E-state index contributed by atoms with van der Waals surface area (Å²) in [7, 11) is 1.82. The van der Waals surface area contributed by atoms with Crippen LogP contribution in [0.25, 0.3) is 0 Å². The number of aryl methyl sites for hydroxylation is 1. The second kappa shape index (κ2) is 6.76. The normalized spacial score (nSPS) is 20.9. The molecule has 0 radical (unpaired) electrons. The predicted octanol–water partition coefficient (Wildman–Crippen LogP) is 2.52. The van der Waals surface area contributed by atoms with Crippen LogP contribution in [-0.4, -0.2) is 44.3 Å². The third-order valence-electron chi connectivity index (χ3n) is 3.60. The molecule has 1 unspecified atom stereocenters. The van der Waals surface area contributed by atoms with Gasteiger partial charge in [-0.1, -0.05) is 17.7 Å². The molecule has 0 spiro atoms. The van der Waals surface area contributed by atoms with Gasteiger partial charge in [-0.2, -0.15) is 0 Å². The molecule has 1 fully saturated rings. The molecule has 1 aromatic rings. The average molecular weight is 248 g/mol. The van der Waals surface area contributed by atoms with Crippen molar-refractivity contribution in [3.05, 3.63) is 29.8 Å². The molecule has 1 aliphatic heterocycles. The minimum Gasteiger partial charge on any atom is -0.384 e. The van der Waals surface area contributed by atoms with Crippen LogP contribution in [0.1, 0.15) is 18.4 Å². The summed E-state index contributed by atoms with van der Waals surface area (Å²) in [6, 6.07) is 8.57. The van der Waals surface area contributed by atoms with E-state index in [-0.39, 0.29) is 0 Å². The van der Waals surface area contributed by atoms with E-state index in [1.54, 1.807) is 0 Å². The molecule has 0 saturated carbocycles. The first kappa shape index (κ1) is 13.4. The van der Waals surface area contributed by atoms with Gasteiger partial charge >= 0.3 is 0 Å². The monoisotopic (exact) mass is 248 g/mol. The highest BCUT2D eigenvalue weighted by atomic mass is 16.5. The molecular weight excluding hydrogens is 224 g/mol. The summed E-state index contributed by atoms with van der Waals surface area (Å²) >= 11 is 0. The first-order valence-corrected chi connectivity index (χ1v) is 6.83. The van der Waals surface area contributed by atoms with Crippen molar-refractivity contribution >= 4 is 5.69 Å². The van der Waals surface area contributed by atoms with Crippen LogP contribution in [0.4, 0.5) is 5.69 Å². The average Bonchev–Trinajstić information content (AvgIpc) is 2.41. The van der Waals surface area contributed by atoms with Crippen LogP contribution in [0.2, 0.25) is 0 Å². The molecule has 1 N–H and O–H groups in total. The maximum atomic E-state index is 5.44. The van der Waals surface area contributed by atoms with E-state index in [0.717, 1.165) is 19.6 Å². The van der Waals surface area contributed by atoms with Crippen LogP contribution in [-0.2, 0) is 4.74 Å². The molecule has 0 bridgehead atoms. The molecule has 0 aliphatic carbocycles. The lowest BCUT2D eigenvalue weighted by Crippen LogP contribution is -2.41. The number of piperidine rings is 1. The Kier molecular flexibility index (Phi) is 5.02. The van der Waals surface area contributed by atoms with Crippen molar-refractivity contribution in [2.45, 2.75) is 25.9 Å². The Balaban J connectivity index is 1.70. The molecule has 1 aromatic carbocycles. The minimum atomic E-state index is 0.429. The van der Waals surface area contributed by atoms with E-state index < -0.39 is 0 Å². The molecule has 0 aromatic heterocycles. The lowest BCUT2D eigenvalue weighted by atomic mass is 10.1. The van der Waals surface area contributed by atoms with Crippen molar-refractivity contribution in [2.75, 3.05) is 38.6 Å². The van der Waals surface area contributed by atoms with E-state index in [1.165, 1.54) is 30.6 Å². The molecule has 0 amide bonds. The van der Waals surface area contributed by atoms with Crippen molar-refractivity contribution in [3.8, 4) is 0 Å². The molecule has 3 heteroatoms. The number of benzene rings is 1. The second-order valence-electron chi connectivity index (χ2n) is 5.09. The third-order valence-corrected chi connectivity index (χ3v) is 3.60. The Bertz CT molecular complexity index is 350. The Morgan fingerprint density at radius 1 is 1.33 bits per heavy atom. The van der Waals surface area contributed by atoms with Gasteiger partial charge in [0.1, 0.15) is 0 Å². The lowest BCUT2D eigenvalue weighted by Gasteiger charge is -2.31. The molecule has 1 aliphatic rings. The molecule has 100 valence electrons. The fourth-order valence-corrected chi connectivity index (χ4v) is 2.44. The number of ether oxygens (including phenoxy) is 1. The van der Waals surface area contributed by atoms with Gasteiger partial charge in [0.2, 0.25) is 0 Å². The number of hydrogen-bond acceptors (Lipinski definition) is 3. The van der Waals surface area contributed by atoms with Gasteiger partial charge in [0.15, 0.2) is 0 Å². The highest BCUT2D eigenvalue weighted by Crippen LogP contribution is 2.12. The van der Waals surface area contributed by atoms with Crippen molar-refractivity contribution in [2.24, 2.45) is 0 Å². The summed E-state index contributed by atoms with van der Waals surface area (Å²) < 4.78 is 5.44. The van der Waals surface area contributed by atoms with Gasteiger partial charge in [0.25, 0.3) is 0 Å². The molecular formula is C15H24N2O. The minimum absolute atomic E-state index is 0.429. The highest BCUT2D eigenvalue weighted by Gasteiger charge is 2.18. The number of likely N-dealkylation sites (tertiary alicyclic amines) is 1. The summed E-state index contributed by atoms with van der Waals surface area (Å²) in [5.41, 5.74) is 2.51. The van der Waals surface area contributed by atoms with E-state index in [1.807, 2.05) is 7.11 Å². The third kappa shape index (κ3) is 4.00. The second-order valence-corrected chi connectivity index (χ2v) is 5.09. The van der Waals surface area contributed by atoms with E-state index in [4.69, 9.17) is 4.74 Å². The molecule has 18 heavy (non-hydrogen) atoms. The molecule has 1 saturated heterocycles. The highest BCUT2D eigenvalue weighted by molar-refractivity contribution is 5.44. The fourth-order valence-electron chi connectivity index (χ4n) is 2.44. The van der Waals surface area contributed by atoms with Gasteiger partial charge in [0, 0.05) is 32.4 Å². The van der Waals surface area contributed by atoms with E-state index in [0.29, 0.717) is 6.10 Å². The summed E-state index contributed by atoms with van der Waals surface area (Å²) in [6.45, 7) is 6.48. The van der Waals surface area contributed by atoms with Gasteiger partial charge in [-0.15, -0.1) is 0 Å². The van der Waals surface area contributed by atoms with Crippen molar-refractivity contribution in [1.29, 1.82) is 0 Å². The van der Waals surface area contributed by atoms with Crippen molar-refractivity contribution < 1.29 is 4.74 Å². The Labute approximate surface area is 110 Å². The SMILES string of the molecule is COC1CCCN(CCNc2ccc(C)cc2)C1. The van der Waals surface area contributed by atoms with Crippen LogP contribution in [0, 0.1) is 6.92 Å². The van der Waals surface area contributed by atoms with Gasteiger partial charge in [0.05, 0.1) is 6.10 Å². The number of anilines is 1. The quantitative estimate of drug-likeness (QED) is 0.866. The maximum Gasteiger partial charge on any atom is 0.0698 e. The first-order chi connectivity index (χ1) is 8.78. The van der Waals surface area contributed by atoms with Crippen LogP contribution < -0.4 is 5.32 Å². The Hall–Kier alpha value is -1.06. The summed E-state index contributed by atoms with van der Waals surface area (Å²) in [5, 5.41) is 3.47. The van der Waals surface area contributed by atoms with Crippen LogP contribution in [0.15, 0.2) is 24.3 Å². The first-order valence-electron chi connectivity index (χ1n) is 6.83. The van der Waals surface area contributed by atoms with E-state index >= 15 is 0 Å². The number of methoxy groups -OCH3 is 1. The fraction of sp³-hybridized carbons (Fsp3) is 0.600. The number of hydrogen-bond donors (Lipinski definition) is 1. The summed E-state index contributed by atoms with van der Waals surface area (Å²) in [4.78, 5) is 2.48. The van der Waals surface area contributed by atoms with Gasteiger partial charge < -0.3 is 10.1 Å². The molecule has 3 nitrogen and oxygen atoms in total. The van der Waals surface area contributed by atoms with E-state index in [2.05, 4.69) is 41.4 Å². The van der Waals surface area contributed by atoms with Crippen molar-refractivity contribution in [3.63, 3.8) is 0 Å². The topological polar surface area (TPSA) is 24.5 Å². The zero-order valence-corrected chi connectivity index (χ0v) is 11.5. The van der Waals surface area contributed by atoms with Crippen molar-refractivity contribution in [1.82, 2.24) is 4.90 Å². The van der Waals surface area contributed by atoms with Crippen LogP contribution in [0.5, 0.6) is 0 Å². The predicted molar refractivity (Wildman–Crippen MR) is 76.1 cm³/mol. The summed E-state index contributed by atoms with van der Waals surface area (Å²) in [6.07, 6.45) is 2.89. The Morgan fingerprint density at radius 2 is 2.11 bits per heavy atom. The standard InChI is InChI=1S/C15H24N2O/c1-13-5-7-14(8-6-13)16-9-11-17-10-3-4-15(12-17)18-2/h5-8,15-16H,3-4,9-12H2,1-2H3. The van der Waals surface area contributed by atoms with Crippen LogP contribution in [0.3, 0.4) is 0 Å². The number of nitrogens with zero attached hydrogens (tertiary/aromatic N) is 1. The molecule has 1 atom stereocenters. The van der Waals surface area contributed by atoms with Gasteiger partial charge in [-0.25, -0.2) is 0 Å². The summed E-state index contributed by atoms with van der Waals surface area (Å²) in [5.74, 6) is 0. The van der Waals surface area contributed by atoms with Crippen LogP contribution >= 0.6 is 0 Å². The van der Waals surface area contributed by atoms with E-state index in [9.17, 15) is 0 Å². The number of nitrogens with one attached hydrogen (secondary N) is 1. The smallest absolute Gasteiger partial charge is 0.0698 e. The zero-order chi connectivity index (χ0) is 12.8. The number of rotatable bonds is 5. The molecule has 2 rings (SSSR count). The van der Waals surface area contributed by atoms with Gasteiger partial charge in [-0.3, -0.25) is 4.90 Å².